The number of aliphatic imine (C=N–C) groups is 1. The smallest absolute Gasteiger partial charge is 0.0694 e. The van der Waals surface area contributed by atoms with Gasteiger partial charge in [0.15, 0.2) is 0 Å². The lowest BCUT2D eigenvalue weighted by Crippen LogP contribution is -1.99. The molecule has 3 rings (SSSR count). The molecule has 2 nitrogen and oxygen atoms in total. The summed E-state index contributed by atoms with van der Waals surface area (Å²) in [6, 6.07) is 0. The van der Waals surface area contributed by atoms with Crippen molar-refractivity contribution >= 4 is 11.8 Å². The second-order valence-corrected chi connectivity index (χ2v) is 5.93. The van der Waals surface area contributed by atoms with Crippen molar-refractivity contribution in [2.75, 3.05) is 0 Å². The van der Waals surface area contributed by atoms with Crippen LogP contribution in [0.25, 0.3) is 5.57 Å². The average Bonchev–Trinajstić information content (AvgIpc) is 2.95. The lowest BCUT2D eigenvalue weighted by atomic mass is 9.89. The summed E-state index contributed by atoms with van der Waals surface area (Å²) < 4.78 is 0. The van der Waals surface area contributed by atoms with Crippen molar-refractivity contribution < 1.29 is 0 Å². The van der Waals surface area contributed by atoms with Gasteiger partial charge in [0.1, 0.15) is 0 Å². The average molecular weight is 266 g/mol. The van der Waals surface area contributed by atoms with Crippen LogP contribution in [0, 0.1) is 13.8 Å². The quantitative estimate of drug-likeness (QED) is 0.751. The van der Waals surface area contributed by atoms with Gasteiger partial charge in [-0.25, -0.2) is 0 Å². The molecule has 1 aromatic heterocycles. The van der Waals surface area contributed by atoms with Gasteiger partial charge in [-0.2, -0.15) is 0 Å². The summed E-state index contributed by atoms with van der Waals surface area (Å²) in [4.78, 5) is 8.04. The van der Waals surface area contributed by atoms with Crippen LogP contribution in [0.4, 0.5) is 0 Å². The molecular formula is C18H22N2. The van der Waals surface area contributed by atoms with E-state index in [-0.39, 0.29) is 0 Å². The first-order chi connectivity index (χ1) is 9.58. The number of aryl methyl sites for hydroxylation is 1. The maximum atomic E-state index is 4.60. The van der Waals surface area contributed by atoms with Crippen LogP contribution in [0.5, 0.6) is 0 Å². The molecule has 1 aromatic rings. The zero-order chi connectivity index (χ0) is 14.3. The van der Waals surface area contributed by atoms with Gasteiger partial charge in [0.25, 0.3) is 0 Å². The van der Waals surface area contributed by atoms with Gasteiger partial charge in [-0.1, -0.05) is 6.08 Å². The van der Waals surface area contributed by atoms with Crippen LogP contribution in [-0.4, -0.2) is 11.2 Å². The Bertz CT molecular complexity index is 678. The second kappa shape index (κ2) is 4.93. The predicted octanol–water partition coefficient (Wildman–Crippen LogP) is 4.87. The van der Waals surface area contributed by atoms with E-state index in [1.165, 1.54) is 51.2 Å². The summed E-state index contributed by atoms with van der Waals surface area (Å²) in [6.07, 6.45) is 9.96. The molecule has 104 valence electrons. The van der Waals surface area contributed by atoms with Crippen LogP contribution < -0.4 is 0 Å². The first kappa shape index (κ1) is 13.2. The third-order valence-corrected chi connectivity index (χ3v) is 4.60. The highest BCUT2D eigenvalue weighted by atomic mass is 14.8. The largest absolute Gasteiger partial charge is 0.361 e. The molecule has 0 radical (unpaired) electrons. The SMILES string of the molecule is CC1=C(C)C(=C2C=C(c3[nH]cc(C)c3C)CCC2)N=C1. The summed E-state index contributed by atoms with van der Waals surface area (Å²) in [6.45, 7) is 8.68. The number of H-pyrrole nitrogens is 1. The zero-order valence-electron chi connectivity index (χ0n) is 12.8. The third-order valence-electron chi connectivity index (χ3n) is 4.60. The Kier molecular flexibility index (Phi) is 3.25. The Hall–Kier alpha value is -1.83. The summed E-state index contributed by atoms with van der Waals surface area (Å²) in [5.41, 5.74) is 10.7. The maximum Gasteiger partial charge on any atom is 0.0694 e. The van der Waals surface area contributed by atoms with Gasteiger partial charge in [-0.3, -0.25) is 4.99 Å². The topological polar surface area (TPSA) is 28.1 Å². The predicted molar refractivity (Wildman–Crippen MR) is 86.0 cm³/mol. The van der Waals surface area contributed by atoms with Gasteiger partial charge >= 0.3 is 0 Å². The van der Waals surface area contributed by atoms with Gasteiger partial charge in [0.05, 0.1) is 5.70 Å². The van der Waals surface area contributed by atoms with E-state index in [0.29, 0.717) is 0 Å². The standard InChI is InChI=1S/C18H22N2/c1-11-9-19-17(13(11)3)15-6-5-7-16(8-15)18-14(4)12(2)10-20-18/h8-10,19H,5-7H2,1-4H3. The molecule has 1 aliphatic carbocycles. The van der Waals surface area contributed by atoms with Crippen LogP contribution >= 0.6 is 0 Å². The van der Waals surface area contributed by atoms with Gasteiger partial charge in [-0.05, 0) is 80.4 Å². The van der Waals surface area contributed by atoms with Crippen molar-refractivity contribution in [3.8, 4) is 0 Å². The Labute approximate surface area is 121 Å². The number of aromatic amines is 1. The van der Waals surface area contributed by atoms with Gasteiger partial charge < -0.3 is 4.98 Å². The van der Waals surface area contributed by atoms with Gasteiger partial charge in [0.2, 0.25) is 0 Å². The van der Waals surface area contributed by atoms with Gasteiger partial charge in [0, 0.05) is 18.1 Å². The second-order valence-electron chi connectivity index (χ2n) is 5.93. The molecule has 0 aromatic carbocycles. The van der Waals surface area contributed by atoms with E-state index in [1.54, 1.807) is 0 Å². The van der Waals surface area contributed by atoms with Crippen LogP contribution in [0.3, 0.4) is 0 Å². The number of nitrogens with one attached hydrogen (secondary N) is 1. The fourth-order valence-corrected chi connectivity index (χ4v) is 3.00. The normalized spacial score (nSPS) is 22.7. The van der Waals surface area contributed by atoms with Gasteiger partial charge in [-0.15, -0.1) is 0 Å². The number of nitrogens with zero attached hydrogens (tertiary/aromatic N) is 1. The number of rotatable bonds is 1. The zero-order valence-corrected chi connectivity index (χ0v) is 12.8. The van der Waals surface area contributed by atoms with E-state index in [1.807, 2.05) is 6.21 Å². The minimum atomic E-state index is 1.14. The summed E-state index contributed by atoms with van der Waals surface area (Å²) in [5.74, 6) is 0. The molecular weight excluding hydrogens is 244 g/mol. The third kappa shape index (κ3) is 2.09. The number of allylic oxidation sites excluding steroid dienone is 5. The van der Waals surface area contributed by atoms with Crippen molar-refractivity contribution in [1.29, 1.82) is 0 Å². The molecule has 0 atom stereocenters. The first-order valence-corrected chi connectivity index (χ1v) is 7.38. The molecule has 0 saturated heterocycles. The van der Waals surface area contributed by atoms with Crippen LogP contribution in [0.1, 0.15) is 49.9 Å². The molecule has 2 aliphatic rings. The van der Waals surface area contributed by atoms with Crippen molar-refractivity contribution in [1.82, 2.24) is 4.98 Å². The Balaban J connectivity index is 2.05. The first-order valence-electron chi connectivity index (χ1n) is 7.38. The molecule has 1 N–H and O–H groups in total. The summed E-state index contributed by atoms with van der Waals surface area (Å²) >= 11 is 0. The molecule has 20 heavy (non-hydrogen) atoms. The molecule has 0 bridgehead atoms. The monoisotopic (exact) mass is 266 g/mol. The number of hydrogen-bond donors (Lipinski definition) is 1. The van der Waals surface area contributed by atoms with Crippen LogP contribution in [0.15, 0.2) is 39.7 Å². The fourth-order valence-electron chi connectivity index (χ4n) is 3.00. The number of aromatic nitrogens is 1. The molecule has 0 unspecified atom stereocenters. The van der Waals surface area contributed by atoms with Crippen molar-refractivity contribution in [3.63, 3.8) is 0 Å². The Morgan fingerprint density at radius 3 is 2.50 bits per heavy atom. The Morgan fingerprint density at radius 1 is 1.10 bits per heavy atom. The fraction of sp³-hybridized carbons (Fsp3) is 0.389. The minimum Gasteiger partial charge on any atom is -0.361 e. The lowest BCUT2D eigenvalue weighted by Gasteiger charge is -2.17. The van der Waals surface area contributed by atoms with E-state index in [4.69, 9.17) is 0 Å². The van der Waals surface area contributed by atoms with E-state index >= 15 is 0 Å². The maximum absolute atomic E-state index is 4.60. The Morgan fingerprint density at radius 2 is 1.90 bits per heavy atom. The molecule has 2 heterocycles. The van der Waals surface area contributed by atoms with Crippen molar-refractivity contribution in [2.24, 2.45) is 4.99 Å². The van der Waals surface area contributed by atoms with E-state index in [0.717, 1.165) is 12.8 Å². The molecule has 1 aliphatic heterocycles. The van der Waals surface area contributed by atoms with E-state index < -0.39 is 0 Å². The highest BCUT2D eigenvalue weighted by Crippen LogP contribution is 2.35. The lowest BCUT2D eigenvalue weighted by molar-refractivity contribution is 0.822. The summed E-state index contributed by atoms with van der Waals surface area (Å²) in [7, 11) is 0. The molecule has 2 heteroatoms. The van der Waals surface area contributed by atoms with Crippen LogP contribution in [-0.2, 0) is 0 Å². The van der Waals surface area contributed by atoms with Crippen LogP contribution in [0.2, 0.25) is 0 Å². The van der Waals surface area contributed by atoms with E-state index in [2.05, 4.69) is 49.9 Å². The highest BCUT2D eigenvalue weighted by Gasteiger charge is 2.18. The van der Waals surface area contributed by atoms with Crippen molar-refractivity contribution in [2.45, 2.75) is 47.0 Å². The van der Waals surface area contributed by atoms with Crippen molar-refractivity contribution in [3.05, 3.63) is 51.5 Å². The van der Waals surface area contributed by atoms with E-state index in [9.17, 15) is 0 Å². The molecule has 0 saturated carbocycles. The summed E-state index contributed by atoms with van der Waals surface area (Å²) in [5, 5.41) is 0. The highest BCUT2D eigenvalue weighted by molar-refractivity contribution is 5.86. The molecule has 0 amide bonds. The number of hydrogen-bond acceptors (Lipinski definition) is 1. The molecule has 0 fully saturated rings. The minimum absolute atomic E-state index is 1.14. The molecule has 0 spiro atoms.